The Morgan fingerprint density at radius 1 is 1.64 bits per heavy atom. The maximum Gasteiger partial charge on any atom is 0.102 e. The molecule has 2 atom stereocenters. The number of halogens is 2. The largest absolute Gasteiger partial charge is 0.297 e. The quantitative estimate of drug-likeness (QED) is 0.650. The average Bonchev–Trinajstić information content (AvgIpc) is 1.99. The van der Waals surface area contributed by atoms with Crippen molar-refractivity contribution in [3.8, 4) is 0 Å². The Morgan fingerprint density at radius 3 is 3.00 bits per heavy atom. The molecule has 0 bridgehead atoms. The van der Waals surface area contributed by atoms with Crippen LogP contribution in [0.3, 0.4) is 0 Å². The summed E-state index contributed by atoms with van der Waals surface area (Å²) in [5, 5.41) is 0. The number of nitrogens with zero attached hydrogens (tertiary/aromatic N) is 1. The number of hydrogen-bond acceptors (Lipinski definition) is 1. The van der Waals surface area contributed by atoms with Gasteiger partial charge in [0.1, 0.15) is 6.67 Å². The van der Waals surface area contributed by atoms with Crippen molar-refractivity contribution in [1.29, 1.82) is 0 Å². The van der Waals surface area contributed by atoms with Gasteiger partial charge in [-0.2, -0.15) is 0 Å². The van der Waals surface area contributed by atoms with Gasteiger partial charge >= 0.3 is 0 Å². The van der Waals surface area contributed by atoms with Gasteiger partial charge in [-0.1, -0.05) is 15.9 Å². The van der Waals surface area contributed by atoms with E-state index in [0.717, 1.165) is 6.54 Å². The van der Waals surface area contributed by atoms with E-state index in [1.165, 1.54) is 12.8 Å². The van der Waals surface area contributed by atoms with Crippen molar-refractivity contribution in [3.05, 3.63) is 0 Å². The van der Waals surface area contributed by atoms with Gasteiger partial charge in [-0.3, -0.25) is 4.90 Å². The first-order chi connectivity index (χ1) is 5.25. The Hall–Kier alpha value is 0.370. The van der Waals surface area contributed by atoms with Crippen LogP contribution in [0.5, 0.6) is 0 Å². The molecule has 0 radical (unpaired) electrons. The van der Waals surface area contributed by atoms with E-state index >= 15 is 0 Å². The molecule has 2 unspecified atom stereocenters. The van der Waals surface area contributed by atoms with E-state index in [4.69, 9.17) is 0 Å². The lowest BCUT2D eigenvalue weighted by atomic mass is 10.0. The van der Waals surface area contributed by atoms with Crippen LogP contribution in [0.1, 0.15) is 19.8 Å². The number of piperidine rings is 1. The molecule has 1 fully saturated rings. The minimum Gasteiger partial charge on any atom is -0.297 e. The maximum absolute atomic E-state index is 12.0. The summed E-state index contributed by atoms with van der Waals surface area (Å²) >= 11 is 3.60. The number of rotatable bonds is 2. The van der Waals surface area contributed by atoms with Crippen LogP contribution in [0.15, 0.2) is 0 Å². The normalized spacial score (nSPS) is 34.1. The van der Waals surface area contributed by atoms with E-state index in [0.29, 0.717) is 17.4 Å². The summed E-state index contributed by atoms with van der Waals surface area (Å²) in [6.07, 6.45) is 2.42. The lowest BCUT2D eigenvalue weighted by molar-refractivity contribution is 0.156. The van der Waals surface area contributed by atoms with Crippen LogP contribution < -0.4 is 0 Å². The van der Waals surface area contributed by atoms with E-state index in [1.807, 2.05) is 0 Å². The zero-order valence-corrected chi connectivity index (χ0v) is 8.48. The summed E-state index contributed by atoms with van der Waals surface area (Å²) in [7, 11) is 0. The van der Waals surface area contributed by atoms with Gasteiger partial charge in [0.15, 0.2) is 0 Å². The van der Waals surface area contributed by atoms with Gasteiger partial charge in [0.05, 0.1) is 0 Å². The minimum absolute atomic E-state index is 0.218. The smallest absolute Gasteiger partial charge is 0.102 e. The van der Waals surface area contributed by atoms with Gasteiger partial charge in [-0.15, -0.1) is 0 Å². The first kappa shape index (κ1) is 9.46. The second-order valence-electron chi connectivity index (χ2n) is 3.12. The molecule has 0 saturated carbocycles. The van der Waals surface area contributed by atoms with Crippen LogP contribution in [0.2, 0.25) is 0 Å². The highest BCUT2D eigenvalue weighted by atomic mass is 79.9. The van der Waals surface area contributed by atoms with E-state index in [9.17, 15) is 4.39 Å². The minimum atomic E-state index is -0.218. The molecule has 0 aromatic carbocycles. The zero-order chi connectivity index (χ0) is 8.27. The number of alkyl halides is 2. The molecule has 0 N–H and O–H groups in total. The van der Waals surface area contributed by atoms with E-state index in [1.54, 1.807) is 0 Å². The third kappa shape index (κ3) is 2.41. The highest BCUT2D eigenvalue weighted by molar-refractivity contribution is 9.09. The summed E-state index contributed by atoms with van der Waals surface area (Å²) in [5.41, 5.74) is 0. The molecular formula is C8H15BrFN. The van der Waals surface area contributed by atoms with Crippen LogP contribution in [0, 0.1) is 0 Å². The summed E-state index contributed by atoms with van der Waals surface area (Å²) in [5.74, 6) is 0. The van der Waals surface area contributed by atoms with Gasteiger partial charge in [0.25, 0.3) is 0 Å². The van der Waals surface area contributed by atoms with E-state index in [2.05, 4.69) is 27.8 Å². The Labute approximate surface area is 76.1 Å². The van der Waals surface area contributed by atoms with Gasteiger partial charge < -0.3 is 0 Å². The lowest BCUT2D eigenvalue weighted by Crippen LogP contribution is -2.44. The fourth-order valence-electron chi connectivity index (χ4n) is 1.59. The number of likely N-dealkylation sites (tertiary alicyclic amines) is 1. The molecule has 1 rings (SSSR count). The molecular weight excluding hydrogens is 209 g/mol. The van der Waals surface area contributed by atoms with E-state index in [-0.39, 0.29) is 6.67 Å². The van der Waals surface area contributed by atoms with Gasteiger partial charge in [-0.05, 0) is 26.3 Å². The standard InChI is InChI=1S/C8H15BrFN/c1-7-8(9)3-2-5-11(7)6-4-10/h7-8H,2-6H2,1H3. The molecule has 1 aliphatic heterocycles. The van der Waals surface area contributed by atoms with Crippen LogP contribution >= 0.6 is 15.9 Å². The summed E-state index contributed by atoms with van der Waals surface area (Å²) in [6.45, 7) is 3.61. The molecule has 0 amide bonds. The van der Waals surface area contributed by atoms with Crippen molar-refractivity contribution in [1.82, 2.24) is 4.90 Å². The van der Waals surface area contributed by atoms with Crippen LogP contribution in [-0.2, 0) is 0 Å². The molecule has 3 heteroatoms. The van der Waals surface area contributed by atoms with Gasteiger partial charge in [0.2, 0.25) is 0 Å². The van der Waals surface area contributed by atoms with Crippen molar-refractivity contribution < 1.29 is 4.39 Å². The van der Waals surface area contributed by atoms with Crippen molar-refractivity contribution in [2.45, 2.75) is 30.6 Å². The van der Waals surface area contributed by atoms with Crippen LogP contribution in [0.4, 0.5) is 4.39 Å². The molecule has 1 heterocycles. The maximum atomic E-state index is 12.0. The van der Waals surface area contributed by atoms with Crippen molar-refractivity contribution in [3.63, 3.8) is 0 Å². The van der Waals surface area contributed by atoms with Crippen molar-refractivity contribution in [2.75, 3.05) is 19.8 Å². The molecule has 0 aromatic heterocycles. The van der Waals surface area contributed by atoms with Gasteiger partial charge in [-0.25, -0.2) is 4.39 Å². The SMILES string of the molecule is CC1C(Br)CCCN1CCF. The monoisotopic (exact) mass is 223 g/mol. The highest BCUT2D eigenvalue weighted by Gasteiger charge is 2.24. The third-order valence-corrected chi connectivity index (χ3v) is 3.62. The lowest BCUT2D eigenvalue weighted by Gasteiger charge is -2.36. The Bertz CT molecular complexity index is 119. The molecule has 66 valence electrons. The summed E-state index contributed by atoms with van der Waals surface area (Å²) < 4.78 is 12.0. The molecule has 1 nitrogen and oxygen atoms in total. The molecule has 1 aliphatic rings. The van der Waals surface area contributed by atoms with Crippen LogP contribution in [0.25, 0.3) is 0 Å². The highest BCUT2D eigenvalue weighted by Crippen LogP contribution is 2.22. The summed E-state index contributed by atoms with van der Waals surface area (Å²) in [4.78, 5) is 2.77. The molecule has 0 aromatic rings. The fourth-order valence-corrected chi connectivity index (χ4v) is 2.25. The Kier molecular flexibility index (Phi) is 3.79. The third-order valence-electron chi connectivity index (χ3n) is 2.40. The first-order valence-corrected chi connectivity index (χ1v) is 5.11. The van der Waals surface area contributed by atoms with Crippen molar-refractivity contribution >= 4 is 15.9 Å². The first-order valence-electron chi connectivity index (χ1n) is 4.20. The Morgan fingerprint density at radius 2 is 2.36 bits per heavy atom. The molecule has 1 saturated heterocycles. The molecule has 0 spiro atoms. The fraction of sp³-hybridized carbons (Fsp3) is 1.00. The number of hydrogen-bond donors (Lipinski definition) is 0. The second kappa shape index (κ2) is 4.41. The molecule has 0 aliphatic carbocycles. The van der Waals surface area contributed by atoms with E-state index < -0.39 is 0 Å². The second-order valence-corrected chi connectivity index (χ2v) is 4.30. The summed E-state index contributed by atoms with van der Waals surface area (Å²) in [6, 6.07) is 0.500. The predicted molar refractivity (Wildman–Crippen MR) is 49.0 cm³/mol. The average molecular weight is 224 g/mol. The Balaban J connectivity index is 2.38. The van der Waals surface area contributed by atoms with Crippen molar-refractivity contribution in [2.24, 2.45) is 0 Å². The van der Waals surface area contributed by atoms with Crippen LogP contribution in [-0.4, -0.2) is 35.5 Å². The van der Waals surface area contributed by atoms with Gasteiger partial charge in [0, 0.05) is 17.4 Å². The zero-order valence-electron chi connectivity index (χ0n) is 6.89. The topological polar surface area (TPSA) is 3.24 Å². The molecule has 11 heavy (non-hydrogen) atoms. The predicted octanol–water partition coefficient (Wildman–Crippen LogP) is 2.20.